The molecule has 1 aliphatic rings. The number of hydrogen-bond acceptors (Lipinski definition) is 5. The van der Waals surface area contributed by atoms with Gasteiger partial charge in [0.2, 0.25) is 5.91 Å². The van der Waals surface area contributed by atoms with Gasteiger partial charge < -0.3 is 5.32 Å². The molecule has 0 radical (unpaired) electrons. The van der Waals surface area contributed by atoms with E-state index in [4.69, 9.17) is 0 Å². The summed E-state index contributed by atoms with van der Waals surface area (Å²) in [6.07, 6.45) is 3.42. The van der Waals surface area contributed by atoms with Crippen LogP contribution >= 0.6 is 23.1 Å². The Hall–Kier alpha value is -1.31. The molecule has 0 aliphatic heterocycles. The molecule has 0 saturated heterocycles. The Balaban J connectivity index is 1.58. The minimum atomic E-state index is -3.30. The zero-order valence-corrected chi connectivity index (χ0v) is 16.3. The molecule has 0 unspecified atom stereocenters. The molecule has 134 valence electrons. The van der Waals surface area contributed by atoms with Gasteiger partial charge in [-0.05, 0) is 42.5 Å². The van der Waals surface area contributed by atoms with Gasteiger partial charge in [-0.2, -0.15) is 0 Å². The van der Waals surface area contributed by atoms with Gasteiger partial charge in [0.25, 0.3) is 0 Å². The van der Waals surface area contributed by atoms with Gasteiger partial charge in [-0.15, -0.1) is 23.1 Å². The summed E-state index contributed by atoms with van der Waals surface area (Å²) in [5, 5.41) is 4.55. The van der Waals surface area contributed by atoms with Crippen molar-refractivity contribution >= 4 is 44.5 Å². The average molecular weight is 396 g/mol. The molecule has 1 fully saturated rings. The van der Waals surface area contributed by atoms with E-state index >= 15 is 0 Å². The first-order valence-corrected chi connectivity index (χ1v) is 11.9. The molecule has 3 rings (SSSR count). The normalized spacial score (nSPS) is 15.4. The largest absolute Gasteiger partial charge is 0.325 e. The van der Waals surface area contributed by atoms with E-state index in [0.717, 1.165) is 31.4 Å². The predicted octanol–water partition coefficient (Wildman–Crippen LogP) is 4.34. The van der Waals surface area contributed by atoms with Gasteiger partial charge in [0.1, 0.15) is 0 Å². The zero-order chi connectivity index (χ0) is 17.7. The molecular weight excluding hydrogens is 374 g/mol. The molecule has 0 spiro atoms. The fourth-order valence-electron chi connectivity index (χ4n) is 2.98. The first kappa shape index (κ1) is 18.5. The highest BCUT2D eigenvalue weighted by molar-refractivity contribution is 7.99. The summed E-state index contributed by atoms with van der Waals surface area (Å²) in [4.78, 5) is 13.6. The molecule has 1 N–H and O–H groups in total. The van der Waals surface area contributed by atoms with E-state index in [-0.39, 0.29) is 11.2 Å². The third-order valence-corrected chi connectivity index (χ3v) is 8.55. The third-order valence-electron chi connectivity index (χ3n) is 4.24. The van der Waals surface area contributed by atoms with Crippen molar-refractivity contribution in [2.24, 2.45) is 0 Å². The SMILES string of the molecule is O=C(CSCc1cccs1)Nc1cccc(S(=O)(=O)C2CCCC2)c1. The van der Waals surface area contributed by atoms with Crippen LogP contribution in [0.3, 0.4) is 0 Å². The summed E-state index contributed by atoms with van der Waals surface area (Å²) < 4.78 is 25.3. The summed E-state index contributed by atoms with van der Waals surface area (Å²) in [7, 11) is -3.30. The second-order valence-electron chi connectivity index (χ2n) is 6.10. The Labute approximate surface area is 157 Å². The van der Waals surface area contributed by atoms with Gasteiger partial charge in [-0.3, -0.25) is 4.79 Å². The highest BCUT2D eigenvalue weighted by Gasteiger charge is 2.30. The summed E-state index contributed by atoms with van der Waals surface area (Å²) in [5.74, 6) is 1.04. The van der Waals surface area contributed by atoms with Crippen LogP contribution in [-0.4, -0.2) is 25.3 Å². The monoisotopic (exact) mass is 395 g/mol. The minimum Gasteiger partial charge on any atom is -0.325 e. The molecule has 4 nitrogen and oxygen atoms in total. The number of anilines is 1. The number of rotatable bonds is 7. The first-order chi connectivity index (χ1) is 12.1. The molecule has 1 aromatic carbocycles. The maximum atomic E-state index is 12.7. The number of sulfone groups is 1. The van der Waals surface area contributed by atoms with Crippen molar-refractivity contribution in [3.8, 4) is 0 Å². The van der Waals surface area contributed by atoms with Crippen LogP contribution in [0, 0.1) is 0 Å². The molecule has 0 atom stereocenters. The van der Waals surface area contributed by atoms with E-state index in [2.05, 4.69) is 5.32 Å². The van der Waals surface area contributed by atoms with E-state index in [9.17, 15) is 13.2 Å². The first-order valence-electron chi connectivity index (χ1n) is 8.29. The van der Waals surface area contributed by atoms with Crippen molar-refractivity contribution in [1.29, 1.82) is 0 Å². The van der Waals surface area contributed by atoms with E-state index in [0.29, 0.717) is 16.3 Å². The number of amides is 1. The van der Waals surface area contributed by atoms with E-state index < -0.39 is 9.84 Å². The minimum absolute atomic E-state index is 0.114. The van der Waals surface area contributed by atoms with Crippen molar-refractivity contribution < 1.29 is 13.2 Å². The zero-order valence-electron chi connectivity index (χ0n) is 13.8. The van der Waals surface area contributed by atoms with Crippen LogP contribution in [0.25, 0.3) is 0 Å². The molecule has 0 bridgehead atoms. The van der Waals surface area contributed by atoms with Gasteiger partial charge in [0, 0.05) is 16.3 Å². The average Bonchev–Trinajstić information content (AvgIpc) is 3.29. The van der Waals surface area contributed by atoms with Crippen LogP contribution in [0.1, 0.15) is 30.6 Å². The molecule has 25 heavy (non-hydrogen) atoms. The Bertz CT molecular complexity index is 810. The van der Waals surface area contributed by atoms with Crippen LogP contribution < -0.4 is 5.32 Å². The highest BCUT2D eigenvalue weighted by Crippen LogP contribution is 2.30. The summed E-state index contributed by atoms with van der Waals surface area (Å²) in [6, 6.07) is 10.7. The Morgan fingerprint density at radius 2 is 2.00 bits per heavy atom. The number of thioether (sulfide) groups is 1. The molecule has 7 heteroatoms. The van der Waals surface area contributed by atoms with Crippen LogP contribution in [0.2, 0.25) is 0 Å². The smallest absolute Gasteiger partial charge is 0.234 e. The Morgan fingerprint density at radius 1 is 1.20 bits per heavy atom. The molecule has 1 amide bonds. The second kappa shape index (κ2) is 8.38. The Kier molecular flexibility index (Phi) is 6.19. The Morgan fingerprint density at radius 3 is 2.72 bits per heavy atom. The number of benzene rings is 1. The molecule has 1 aliphatic carbocycles. The number of carbonyl (C=O) groups excluding carboxylic acids is 1. The summed E-state index contributed by atoms with van der Waals surface area (Å²) >= 11 is 3.22. The second-order valence-corrected chi connectivity index (χ2v) is 10.3. The molecule has 1 heterocycles. The van der Waals surface area contributed by atoms with Crippen molar-refractivity contribution in [3.05, 3.63) is 46.7 Å². The number of carbonyl (C=O) groups is 1. The lowest BCUT2D eigenvalue weighted by molar-refractivity contribution is -0.113. The van der Waals surface area contributed by atoms with Gasteiger partial charge >= 0.3 is 0 Å². The fraction of sp³-hybridized carbons (Fsp3) is 0.389. The molecule has 2 aromatic rings. The van der Waals surface area contributed by atoms with Crippen molar-refractivity contribution in [2.75, 3.05) is 11.1 Å². The number of thiophene rings is 1. The van der Waals surface area contributed by atoms with Gasteiger partial charge in [0.05, 0.1) is 15.9 Å². The molecule has 1 saturated carbocycles. The number of hydrogen-bond donors (Lipinski definition) is 1. The fourth-order valence-corrected chi connectivity index (χ4v) is 6.54. The van der Waals surface area contributed by atoms with Crippen molar-refractivity contribution in [2.45, 2.75) is 41.6 Å². The molecule has 1 aromatic heterocycles. The van der Waals surface area contributed by atoms with Crippen LogP contribution in [-0.2, 0) is 20.4 Å². The van der Waals surface area contributed by atoms with E-state index in [1.807, 2.05) is 17.5 Å². The summed E-state index contributed by atoms with van der Waals surface area (Å²) in [5.41, 5.74) is 0.542. The maximum Gasteiger partial charge on any atom is 0.234 e. The molecular formula is C18H21NO3S3. The lowest BCUT2D eigenvalue weighted by Gasteiger charge is -2.12. The van der Waals surface area contributed by atoms with Crippen LogP contribution in [0.15, 0.2) is 46.7 Å². The maximum absolute atomic E-state index is 12.7. The van der Waals surface area contributed by atoms with E-state index in [1.165, 1.54) is 4.88 Å². The van der Waals surface area contributed by atoms with Crippen LogP contribution in [0.4, 0.5) is 5.69 Å². The quantitative estimate of drug-likeness (QED) is 0.758. The number of nitrogens with one attached hydrogen (secondary N) is 1. The predicted molar refractivity (Wildman–Crippen MR) is 105 cm³/mol. The summed E-state index contributed by atoms with van der Waals surface area (Å²) in [6.45, 7) is 0. The van der Waals surface area contributed by atoms with E-state index in [1.54, 1.807) is 47.4 Å². The topological polar surface area (TPSA) is 63.2 Å². The standard InChI is InChI=1S/C18H21NO3S3/c20-18(13-23-12-15-6-4-10-24-15)19-14-5-3-9-17(11-14)25(21,22)16-7-1-2-8-16/h3-6,9-11,16H,1-2,7-8,12-13H2,(H,19,20). The lowest BCUT2D eigenvalue weighted by Crippen LogP contribution is -2.18. The third kappa shape index (κ3) is 4.86. The van der Waals surface area contributed by atoms with Crippen LogP contribution in [0.5, 0.6) is 0 Å². The van der Waals surface area contributed by atoms with Crippen molar-refractivity contribution in [3.63, 3.8) is 0 Å². The van der Waals surface area contributed by atoms with Gasteiger partial charge in [0.15, 0.2) is 9.84 Å². The van der Waals surface area contributed by atoms with Gasteiger partial charge in [-0.25, -0.2) is 8.42 Å². The van der Waals surface area contributed by atoms with Crippen molar-refractivity contribution in [1.82, 2.24) is 0 Å². The highest BCUT2D eigenvalue weighted by atomic mass is 32.2. The lowest BCUT2D eigenvalue weighted by atomic mass is 10.3. The van der Waals surface area contributed by atoms with Gasteiger partial charge in [-0.1, -0.05) is 25.0 Å².